The summed E-state index contributed by atoms with van der Waals surface area (Å²) in [6.45, 7) is 0. The molecule has 0 amide bonds. The summed E-state index contributed by atoms with van der Waals surface area (Å²) in [5, 5.41) is -0.0565. The number of rotatable bonds is 1. The first kappa shape index (κ1) is 10.4. The molecule has 0 aromatic heterocycles. The molecule has 0 aromatic carbocycles. The Labute approximate surface area is 77.8 Å². The van der Waals surface area contributed by atoms with Crippen LogP contribution in [-0.4, -0.2) is 12.4 Å². The summed E-state index contributed by atoms with van der Waals surface area (Å²) >= 11 is 5.47. The van der Waals surface area contributed by atoms with Crippen molar-refractivity contribution in [3.05, 3.63) is 22.9 Å². The Hall–Kier alpha value is -0.680. The lowest BCUT2D eigenvalue weighted by Gasteiger charge is -2.18. The minimum Gasteiger partial charge on any atom is -0.409 e. The second-order valence-corrected chi connectivity index (χ2v) is 2.95. The van der Waals surface area contributed by atoms with Crippen molar-refractivity contribution < 1.29 is 17.9 Å². The molecular formula is C7H7ClF3NO. The van der Waals surface area contributed by atoms with Crippen molar-refractivity contribution in [2.45, 2.75) is 18.8 Å². The summed E-state index contributed by atoms with van der Waals surface area (Å²) in [4.78, 5) is 0. The summed E-state index contributed by atoms with van der Waals surface area (Å²) in [5.41, 5.74) is 5.38. The van der Waals surface area contributed by atoms with Crippen molar-refractivity contribution in [3.8, 4) is 0 Å². The number of halogens is 4. The Kier molecular flexibility index (Phi) is 2.87. The Morgan fingerprint density at radius 2 is 2.15 bits per heavy atom. The largest absolute Gasteiger partial charge is 0.572 e. The third-order valence-electron chi connectivity index (χ3n) is 1.42. The molecule has 1 rings (SSSR count). The molecule has 0 bridgehead atoms. The molecule has 2 N–H and O–H groups in total. The van der Waals surface area contributed by atoms with Crippen molar-refractivity contribution in [2.24, 2.45) is 5.73 Å². The van der Waals surface area contributed by atoms with Gasteiger partial charge in [0.15, 0.2) is 0 Å². The Bertz CT molecular complexity index is 259. The van der Waals surface area contributed by atoms with Crippen LogP contribution in [0.25, 0.3) is 0 Å². The maximum Gasteiger partial charge on any atom is 0.572 e. The average Bonchev–Trinajstić information content (AvgIpc) is 1.94. The van der Waals surface area contributed by atoms with E-state index in [0.29, 0.717) is 0 Å². The van der Waals surface area contributed by atoms with E-state index in [2.05, 4.69) is 4.74 Å². The third-order valence-corrected chi connectivity index (χ3v) is 1.75. The highest BCUT2D eigenvalue weighted by Gasteiger charge is 2.33. The molecule has 0 aromatic rings. The number of allylic oxidation sites excluding steroid dienone is 2. The summed E-state index contributed by atoms with van der Waals surface area (Å²) in [6, 6.07) is -0.472. The van der Waals surface area contributed by atoms with Crippen LogP contribution in [0.3, 0.4) is 0 Å². The first-order valence-corrected chi connectivity index (χ1v) is 3.84. The van der Waals surface area contributed by atoms with Crippen LogP contribution in [0.1, 0.15) is 6.42 Å². The molecule has 1 atom stereocenters. The van der Waals surface area contributed by atoms with Crippen molar-refractivity contribution in [2.75, 3.05) is 0 Å². The second-order valence-electron chi connectivity index (χ2n) is 2.55. The highest BCUT2D eigenvalue weighted by atomic mass is 35.5. The normalized spacial score (nSPS) is 23.6. The van der Waals surface area contributed by atoms with E-state index >= 15 is 0 Å². The quantitative estimate of drug-likeness (QED) is 0.725. The lowest BCUT2D eigenvalue weighted by molar-refractivity contribution is -0.306. The summed E-state index contributed by atoms with van der Waals surface area (Å²) in [7, 11) is 0. The van der Waals surface area contributed by atoms with Crippen LogP contribution in [0.15, 0.2) is 22.9 Å². The van der Waals surface area contributed by atoms with Crippen LogP contribution in [0, 0.1) is 0 Å². The topological polar surface area (TPSA) is 35.2 Å². The van der Waals surface area contributed by atoms with Gasteiger partial charge in [-0.3, -0.25) is 0 Å². The zero-order chi connectivity index (χ0) is 10.1. The average molecular weight is 214 g/mol. The Balaban J connectivity index is 2.73. The fourth-order valence-electron chi connectivity index (χ4n) is 0.911. The smallest absolute Gasteiger partial charge is 0.409 e. The molecule has 1 aliphatic carbocycles. The molecule has 0 spiro atoms. The predicted molar refractivity (Wildman–Crippen MR) is 41.8 cm³/mol. The van der Waals surface area contributed by atoms with E-state index in [1.165, 1.54) is 12.2 Å². The molecule has 0 fully saturated rings. The number of ether oxygens (including phenoxy) is 1. The molecule has 0 saturated carbocycles. The molecule has 74 valence electrons. The summed E-state index contributed by atoms with van der Waals surface area (Å²) < 4.78 is 39.0. The van der Waals surface area contributed by atoms with E-state index in [0.717, 1.165) is 0 Å². The fourth-order valence-corrected chi connectivity index (χ4v) is 1.10. The summed E-state index contributed by atoms with van der Waals surface area (Å²) in [6.07, 6.45) is -1.92. The van der Waals surface area contributed by atoms with Gasteiger partial charge in [-0.1, -0.05) is 17.7 Å². The molecule has 6 heteroatoms. The molecule has 1 unspecified atom stereocenters. The lowest BCUT2D eigenvalue weighted by atomic mass is 10.1. The number of nitrogens with two attached hydrogens (primary N) is 1. The molecule has 0 heterocycles. The molecular weight excluding hydrogens is 207 g/mol. The highest BCUT2D eigenvalue weighted by Crippen LogP contribution is 2.29. The zero-order valence-corrected chi connectivity index (χ0v) is 7.19. The second kappa shape index (κ2) is 3.59. The Morgan fingerprint density at radius 1 is 1.54 bits per heavy atom. The van der Waals surface area contributed by atoms with Gasteiger partial charge < -0.3 is 10.5 Å². The van der Waals surface area contributed by atoms with E-state index in [4.69, 9.17) is 17.3 Å². The van der Waals surface area contributed by atoms with Crippen molar-refractivity contribution >= 4 is 11.6 Å². The van der Waals surface area contributed by atoms with Gasteiger partial charge in [0, 0.05) is 12.5 Å². The minimum atomic E-state index is -4.71. The standard InChI is InChI=1S/C7H7ClF3NO/c8-5-2-1-4(12)3-6(5)13-7(9,10)11/h1-2,4H,3,12H2. The SMILES string of the molecule is NC1C=CC(Cl)=C(OC(F)(F)F)C1. The van der Waals surface area contributed by atoms with Gasteiger partial charge in [-0.25, -0.2) is 0 Å². The van der Waals surface area contributed by atoms with Crippen LogP contribution < -0.4 is 5.73 Å². The van der Waals surface area contributed by atoms with Gasteiger partial charge in [0.1, 0.15) is 5.76 Å². The van der Waals surface area contributed by atoms with Crippen LogP contribution in [0.4, 0.5) is 13.2 Å². The van der Waals surface area contributed by atoms with Gasteiger partial charge >= 0.3 is 6.36 Å². The van der Waals surface area contributed by atoms with Gasteiger partial charge in [0.05, 0.1) is 5.03 Å². The molecule has 0 aliphatic heterocycles. The molecule has 2 nitrogen and oxygen atoms in total. The van der Waals surface area contributed by atoms with E-state index in [1.807, 2.05) is 0 Å². The first-order valence-electron chi connectivity index (χ1n) is 3.46. The van der Waals surface area contributed by atoms with Gasteiger partial charge in [0.25, 0.3) is 0 Å². The summed E-state index contributed by atoms with van der Waals surface area (Å²) in [5.74, 6) is -0.329. The highest BCUT2D eigenvalue weighted by molar-refractivity contribution is 6.31. The zero-order valence-electron chi connectivity index (χ0n) is 6.44. The van der Waals surface area contributed by atoms with Gasteiger partial charge in [-0.2, -0.15) is 0 Å². The molecule has 1 aliphatic rings. The predicted octanol–water partition coefficient (Wildman–Crippen LogP) is 2.26. The Morgan fingerprint density at radius 3 is 2.69 bits per heavy atom. The van der Waals surface area contributed by atoms with Crippen LogP contribution >= 0.6 is 11.6 Å². The van der Waals surface area contributed by atoms with Gasteiger partial charge in [-0.05, 0) is 6.08 Å². The maximum atomic E-state index is 11.8. The van der Waals surface area contributed by atoms with Crippen molar-refractivity contribution in [1.29, 1.82) is 0 Å². The lowest BCUT2D eigenvalue weighted by Crippen LogP contribution is -2.24. The van der Waals surface area contributed by atoms with E-state index in [-0.39, 0.29) is 17.2 Å². The van der Waals surface area contributed by atoms with Crippen molar-refractivity contribution in [1.82, 2.24) is 0 Å². The van der Waals surface area contributed by atoms with Crippen LogP contribution in [-0.2, 0) is 4.74 Å². The maximum absolute atomic E-state index is 11.8. The third kappa shape index (κ3) is 3.28. The molecule has 0 radical (unpaired) electrons. The van der Waals surface area contributed by atoms with E-state index in [1.54, 1.807) is 0 Å². The monoisotopic (exact) mass is 213 g/mol. The number of hydrogen-bond acceptors (Lipinski definition) is 2. The van der Waals surface area contributed by atoms with E-state index in [9.17, 15) is 13.2 Å². The molecule has 0 saturated heterocycles. The minimum absolute atomic E-state index is 0.0329. The van der Waals surface area contributed by atoms with Crippen LogP contribution in [0.2, 0.25) is 0 Å². The molecule has 13 heavy (non-hydrogen) atoms. The van der Waals surface area contributed by atoms with Gasteiger partial charge in [0.2, 0.25) is 0 Å². The fraction of sp³-hybridized carbons (Fsp3) is 0.429. The number of alkyl halides is 3. The first-order chi connectivity index (χ1) is 5.88. The number of hydrogen-bond donors (Lipinski definition) is 1. The van der Waals surface area contributed by atoms with Crippen LogP contribution in [0.5, 0.6) is 0 Å². The van der Waals surface area contributed by atoms with Crippen molar-refractivity contribution in [3.63, 3.8) is 0 Å². The van der Waals surface area contributed by atoms with E-state index < -0.39 is 12.4 Å². The van der Waals surface area contributed by atoms with Gasteiger partial charge in [-0.15, -0.1) is 13.2 Å².